The number of carbonyl (C=O) groups is 2. The molecule has 8 nitrogen and oxygen atoms in total. The van der Waals surface area contributed by atoms with Crippen LogP contribution in [0.15, 0.2) is 50.7 Å². The van der Waals surface area contributed by atoms with Crippen molar-refractivity contribution in [1.29, 1.82) is 0 Å². The number of furan rings is 1. The zero-order valence-corrected chi connectivity index (χ0v) is 14.3. The minimum absolute atomic E-state index is 0.0459. The Hall–Kier alpha value is -3.14. The van der Waals surface area contributed by atoms with E-state index in [0.29, 0.717) is 17.2 Å². The number of hydrazine groups is 1. The van der Waals surface area contributed by atoms with Gasteiger partial charge in [-0.3, -0.25) is 20.4 Å². The summed E-state index contributed by atoms with van der Waals surface area (Å²) < 4.78 is 23.4. The second-order valence-corrected chi connectivity index (χ2v) is 5.99. The fourth-order valence-electron chi connectivity index (χ4n) is 1.95. The summed E-state index contributed by atoms with van der Waals surface area (Å²) in [5.41, 5.74) is 5.39. The highest BCUT2D eigenvalue weighted by Gasteiger charge is 2.14. The van der Waals surface area contributed by atoms with Gasteiger partial charge in [0.05, 0.1) is 17.6 Å². The van der Waals surface area contributed by atoms with Crippen molar-refractivity contribution in [1.82, 2.24) is 21.0 Å². The van der Waals surface area contributed by atoms with E-state index >= 15 is 0 Å². The predicted octanol–water partition coefficient (Wildman–Crippen LogP) is 2.33. The van der Waals surface area contributed by atoms with Crippen molar-refractivity contribution in [2.45, 2.75) is 12.1 Å². The minimum Gasteiger partial charge on any atom is -0.469 e. The fraction of sp³-hybridized carbons (Fsp3) is 0.125. The Kier molecular flexibility index (Phi) is 5.32. The van der Waals surface area contributed by atoms with E-state index in [-0.39, 0.29) is 16.5 Å². The van der Waals surface area contributed by atoms with E-state index in [9.17, 15) is 14.0 Å². The van der Waals surface area contributed by atoms with Crippen molar-refractivity contribution in [3.63, 3.8) is 0 Å². The summed E-state index contributed by atoms with van der Waals surface area (Å²) in [6.45, 7) is 1.77. The van der Waals surface area contributed by atoms with Crippen molar-refractivity contribution < 1.29 is 22.8 Å². The second-order valence-electron chi connectivity index (χ2n) is 5.06. The molecule has 0 unspecified atom stereocenters. The SMILES string of the molecule is Cc1occc1-c1nnc(SCC(=O)NNC(=O)c2ccc(F)cc2)o1. The van der Waals surface area contributed by atoms with E-state index in [4.69, 9.17) is 8.83 Å². The number of aromatic nitrogens is 2. The molecule has 0 aliphatic heterocycles. The normalized spacial score (nSPS) is 10.5. The van der Waals surface area contributed by atoms with Crippen molar-refractivity contribution in [3.8, 4) is 11.5 Å². The number of nitrogens with one attached hydrogen (secondary N) is 2. The summed E-state index contributed by atoms with van der Waals surface area (Å²) in [5, 5.41) is 7.94. The van der Waals surface area contributed by atoms with Crippen LogP contribution in [-0.4, -0.2) is 27.8 Å². The van der Waals surface area contributed by atoms with Crippen LogP contribution in [0.4, 0.5) is 4.39 Å². The summed E-state index contributed by atoms with van der Waals surface area (Å²) in [6, 6.07) is 6.63. The number of hydrogen-bond donors (Lipinski definition) is 2. The number of amides is 2. The summed E-state index contributed by atoms with van der Waals surface area (Å²) in [6.07, 6.45) is 1.51. The lowest BCUT2D eigenvalue weighted by Gasteiger charge is -2.06. The van der Waals surface area contributed by atoms with Gasteiger partial charge in [-0.25, -0.2) is 4.39 Å². The highest BCUT2D eigenvalue weighted by atomic mass is 32.2. The molecule has 0 atom stereocenters. The number of aryl methyl sites for hydroxylation is 1. The molecule has 2 heterocycles. The predicted molar refractivity (Wildman–Crippen MR) is 89.5 cm³/mol. The van der Waals surface area contributed by atoms with Crippen LogP contribution < -0.4 is 10.9 Å². The molecule has 2 amide bonds. The van der Waals surface area contributed by atoms with Crippen LogP contribution in [0.3, 0.4) is 0 Å². The molecule has 134 valence electrons. The summed E-state index contributed by atoms with van der Waals surface area (Å²) >= 11 is 1.02. The van der Waals surface area contributed by atoms with Crippen molar-refractivity contribution in [3.05, 3.63) is 53.7 Å². The molecule has 2 aromatic heterocycles. The lowest BCUT2D eigenvalue weighted by molar-refractivity contribution is -0.119. The van der Waals surface area contributed by atoms with Gasteiger partial charge in [0.15, 0.2) is 0 Å². The van der Waals surface area contributed by atoms with Gasteiger partial charge < -0.3 is 8.83 Å². The molecule has 0 aliphatic rings. The van der Waals surface area contributed by atoms with E-state index in [1.165, 1.54) is 18.4 Å². The first-order chi connectivity index (χ1) is 12.5. The van der Waals surface area contributed by atoms with Crippen molar-refractivity contribution in [2.75, 3.05) is 5.75 Å². The summed E-state index contributed by atoms with van der Waals surface area (Å²) in [4.78, 5) is 23.6. The highest BCUT2D eigenvalue weighted by molar-refractivity contribution is 7.99. The third kappa shape index (κ3) is 4.28. The van der Waals surface area contributed by atoms with Gasteiger partial charge in [0, 0.05) is 5.56 Å². The van der Waals surface area contributed by atoms with Crippen LogP contribution in [0.2, 0.25) is 0 Å². The molecule has 0 radical (unpaired) electrons. The molecule has 3 rings (SSSR count). The summed E-state index contributed by atoms with van der Waals surface area (Å²) in [7, 11) is 0. The topological polar surface area (TPSA) is 110 Å². The molecule has 2 N–H and O–H groups in total. The molecule has 0 fully saturated rings. The van der Waals surface area contributed by atoms with Gasteiger partial charge in [0.1, 0.15) is 11.6 Å². The maximum Gasteiger partial charge on any atom is 0.277 e. The van der Waals surface area contributed by atoms with E-state index in [2.05, 4.69) is 21.0 Å². The van der Waals surface area contributed by atoms with Gasteiger partial charge in [-0.15, -0.1) is 10.2 Å². The van der Waals surface area contributed by atoms with Gasteiger partial charge in [-0.05, 0) is 37.3 Å². The zero-order valence-electron chi connectivity index (χ0n) is 13.5. The molecule has 0 saturated heterocycles. The van der Waals surface area contributed by atoms with Crippen molar-refractivity contribution >= 4 is 23.6 Å². The van der Waals surface area contributed by atoms with E-state index in [1.54, 1.807) is 13.0 Å². The first-order valence-corrected chi connectivity index (χ1v) is 8.37. The van der Waals surface area contributed by atoms with Gasteiger partial charge in [0.2, 0.25) is 5.91 Å². The van der Waals surface area contributed by atoms with Crippen LogP contribution in [0.5, 0.6) is 0 Å². The molecule has 0 aliphatic carbocycles. The van der Waals surface area contributed by atoms with Crippen LogP contribution >= 0.6 is 11.8 Å². The van der Waals surface area contributed by atoms with Gasteiger partial charge >= 0.3 is 0 Å². The number of thioether (sulfide) groups is 1. The average molecular weight is 376 g/mol. The molecule has 10 heteroatoms. The molecular weight excluding hydrogens is 363 g/mol. The minimum atomic E-state index is -0.557. The standard InChI is InChI=1S/C16H13FN4O4S/c1-9-12(6-7-24-9)15-20-21-16(25-15)26-8-13(22)18-19-14(23)10-2-4-11(17)5-3-10/h2-7H,8H2,1H3,(H,18,22)(H,19,23). The number of carbonyl (C=O) groups excluding carboxylic acids is 2. The van der Waals surface area contributed by atoms with Crippen LogP contribution in [-0.2, 0) is 4.79 Å². The monoisotopic (exact) mass is 376 g/mol. The maximum atomic E-state index is 12.8. The molecule has 0 bridgehead atoms. The Morgan fingerprint density at radius 2 is 1.92 bits per heavy atom. The maximum absolute atomic E-state index is 12.8. The van der Waals surface area contributed by atoms with Gasteiger partial charge in [-0.2, -0.15) is 0 Å². The molecular formula is C16H13FN4O4S. The quantitative estimate of drug-likeness (QED) is 0.519. The fourth-order valence-corrected chi connectivity index (χ4v) is 2.51. The molecule has 1 aromatic carbocycles. The number of halogens is 1. The Morgan fingerprint density at radius 1 is 1.15 bits per heavy atom. The number of hydrogen-bond acceptors (Lipinski definition) is 7. The molecule has 0 saturated carbocycles. The van der Waals surface area contributed by atoms with Crippen LogP contribution in [0.25, 0.3) is 11.5 Å². The number of nitrogens with zero attached hydrogens (tertiary/aromatic N) is 2. The zero-order chi connectivity index (χ0) is 18.5. The molecule has 3 aromatic rings. The Labute approximate surface area is 151 Å². The Balaban J connectivity index is 1.47. The largest absolute Gasteiger partial charge is 0.469 e. The Bertz CT molecular complexity index is 922. The third-order valence-corrected chi connectivity index (χ3v) is 4.06. The highest BCUT2D eigenvalue weighted by Crippen LogP contribution is 2.26. The molecule has 26 heavy (non-hydrogen) atoms. The second kappa shape index (κ2) is 7.83. The summed E-state index contributed by atoms with van der Waals surface area (Å²) in [5.74, 6) is -0.583. The first kappa shape index (κ1) is 17.7. The number of rotatable bonds is 5. The third-order valence-electron chi connectivity index (χ3n) is 3.24. The lowest BCUT2D eigenvalue weighted by atomic mass is 10.2. The molecule has 0 spiro atoms. The van der Waals surface area contributed by atoms with Gasteiger partial charge in [-0.1, -0.05) is 11.8 Å². The number of benzene rings is 1. The van der Waals surface area contributed by atoms with Gasteiger partial charge in [0.25, 0.3) is 17.0 Å². The van der Waals surface area contributed by atoms with Crippen LogP contribution in [0.1, 0.15) is 16.1 Å². The van der Waals surface area contributed by atoms with Crippen molar-refractivity contribution in [2.24, 2.45) is 0 Å². The average Bonchev–Trinajstić information content (AvgIpc) is 3.27. The van der Waals surface area contributed by atoms with E-state index < -0.39 is 17.6 Å². The first-order valence-electron chi connectivity index (χ1n) is 7.38. The lowest BCUT2D eigenvalue weighted by Crippen LogP contribution is -2.42. The van der Waals surface area contributed by atoms with E-state index in [1.807, 2.05) is 0 Å². The Morgan fingerprint density at radius 3 is 2.62 bits per heavy atom. The van der Waals surface area contributed by atoms with E-state index in [0.717, 1.165) is 23.9 Å². The smallest absolute Gasteiger partial charge is 0.277 e. The van der Waals surface area contributed by atoms with Crippen LogP contribution in [0, 0.1) is 12.7 Å².